The molecule has 0 aromatic heterocycles. The van der Waals surface area contributed by atoms with Gasteiger partial charge in [-0.15, -0.1) is 0 Å². The molecule has 0 saturated heterocycles. The molecule has 1 rings (SSSR count). The van der Waals surface area contributed by atoms with Crippen LogP contribution in [0, 0.1) is 0 Å². The van der Waals surface area contributed by atoms with E-state index in [0.29, 0.717) is 12.2 Å². The summed E-state index contributed by atoms with van der Waals surface area (Å²) in [4.78, 5) is 15.0. The highest BCUT2D eigenvalue weighted by molar-refractivity contribution is 7.86. The van der Waals surface area contributed by atoms with Crippen LogP contribution in [0.15, 0.2) is 29.4 Å². The molecular formula is C19H31BN4O7S. The van der Waals surface area contributed by atoms with E-state index < -0.39 is 34.8 Å². The number of hydrogen-bond acceptors (Lipinski definition) is 9. The van der Waals surface area contributed by atoms with Crippen molar-refractivity contribution in [1.29, 1.82) is 0 Å². The summed E-state index contributed by atoms with van der Waals surface area (Å²) >= 11 is 0. The number of nitrogens with zero attached hydrogens (tertiary/aromatic N) is 3. The Hall–Kier alpha value is -2.31. The number of carbonyl (C=O) groups is 1. The van der Waals surface area contributed by atoms with Crippen molar-refractivity contribution < 1.29 is 31.9 Å². The SMILES string of the molecule is CB(O)NC(Cc1ccc(OCCOS(=O)(=O)CCCN=[N+]=[N-])cc1)C(=O)OC(C)(C)C. The lowest BCUT2D eigenvalue weighted by Gasteiger charge is -2.25. The van der Waals surface area contributed by atoms with Gasteiger partial charge in [0.2, 0.25) is 0 Å². The van der Waals surface area contributed by atoms with Crippen LogP contribution in [-0.2, 0) is 30.3 Å². The first-order chi connectivity index (χ1) is 14.9. The summed E-state index contributed by atoms with van der Waals surface area (Å²) in [6.45, 7) is 6.81. The van der Waals surface area contributed by atoms with Gasteiger partial charge in [-0.2, -0.15) is 8.42 Å². The van der Waals surface area contributed by atoms with E-state index in [1.165, 1.54) is 6.82 Å². The number of nitrogens with one attached hydrogen (secondary N) is 1. The summed E-state index contributed by atoms with van der Waals surface area (Å²) < 4.78 is 39.1. The molecule has 1 aromatic carbocycles. The minimum absolute atomic E-state index is 0.0268. The molecule has 13 heteroatoms. The van der Waals surface area contributed by atoms with Crippen molar-refractivity contribution in [2.45, 2.75) is 52.1 Å². The maximum absolute atomic E-state index is 12.4. The van der Waals surface area contributed by atoms with Crippen molar-refractivity contribution >= 4 is 23.1 Å². The van der Waals surface area contributed by atoms with Crippen LogP contribution >= 0.6 is 0 Å². The average Bonchev–Trinajstić information content (AvgIpc) is 2.68. The number of carbonyl (C=O) groups excluding carboxylic acids is 1. The summed E-state index contributed by atoms with van der Waals surface area (Å²) in [7, 11) is -4.59. The Labute approximate surface area is 189 Å². The fraction of sp³-hybridized carbons (Fsp3) is 0.632. The van der Waals surface area contributed by atoms with Crippen molar-refractivity contribution in [2.75, 3.05) is 25.5 Å². The molecule has 0 amide bonds. The minimum atomic E-state index is -3.70. The first-order valence-electron chi connectivity index (χ1n) is 10.2. The van der Waals surface area contributed by atoms with Gasteiger partial charge in [-0.25, -0.2) is 0 Å². The Morgan fingerprint density at radius 2 is 1.94 bits per heavy atom. The summed E-state index contributed by atoms with van der Waals surface area (Å²) in [5.41, 5.74) is 8.34. The molecular weight excluding hydrogens is 439 g/mol. The molecule has 1 atom stereocenters. The average molecular weight is 470 g/mol. The zero-order valence-corrected chi connectivity index (χ0v) is 19.7. The van der Waals surface area contributed by atoms with Gasteiger partial charge in [0.25, 0.3) is 10.1 Å². The number of rotatable bonds is 14. The largest absolute Gasteiger partial charge is 0.491 e. The highest BCUT2D eigenvalue weighted by Crippen LogP contribution is 2.16. The number of azide groups is 1. The first kappa shape index (κ1) is 27.7. The van der Waals surface area contributed by atoms with Crippen molar-refractivity contribution in [3.63, 3.8) is 0 Å². The lowest BCUT2D eigenvalue weighted by molar-refractivity contribution is -0.157. The van der Waals surface area contributed by atoms with Gasteiger partial charge in [0, 0.05) is 11.5 Å². The van der Waals surface area contributed by atoms with Crippen LogP contribution in [-0.4, -0.2) is 63.6 Å². The Balaban J connectivity index is 2.53. The van der Waals surface area contributed by atoms with Gasteiger partial charge < -0.3 is 19.7 Å². The predicted octanol–water partition coefficient (Wildman–Crippen LogP) is 2.06. The normalized spacial score (nSPS) is 12.5. The van der Waals surface area contributed by atoms with Crippen molar-refractivity contribution in [1.82, 2.24) is 5.23 Å². The van der Waals surface area contributed by atoms with Gasteiger partial charge in [0.1, 0.15) is 30.6 Å². The molecule has 2 N–H and O–H groups in total. The third-order valence-corrected chi connectivity index (χ3v) is 5.14. The summed E-state index contributed by atoms with van der Waals surface area (Å²) in [6, 6.07) is 6.20. The van der Waals surface area contributed by atoms with Crippen LogP contribution in [0.4, 0.5) is 0 Å². The Kier molecular flexibility index (Phi) is 11.5. The Bertz CT molecular complexity index is 867. The maximum atomic E-state index is 12.4. The Morgan fingerprint density at radius 3 is 2.50 bits per heavy atom. The number of hydrogen-bond donors (Lipinski definition) is 2. The predicted molar refractivity (Wildman–Crippen MR) is 121 cm³/mol. The molecule has 0 saturated carbocycles. The third-order valence-electron chi connectivity index (χ3n) is 3.83. The zero-order valence-electron chi connectivity index (χ0n) is 18.9. The third kappa shape index (κ3) is 12.5. The maximum Gasteiger partial charge on any atom is 0.374 e. The van der Waals surface area contributed by atoms with Crippen molar-refractivity contribution in [2.24, 2.45) is 5.11 Å². The summed E-state index contributed by atoms with van der Waals surface area (Å²) in [6.07, 6.45) is 0.486. The fourth-order valence-electron chi connectivity index (χ4n) is 2.57. The van der Waals surface area contributed by atoms with Crippen LogP contribution < -0.4 is 9.96 Å². The van der Waals surface area contributed by atoms with E-state index in [4.69, 9.17) is 19.2 Å². The minimum Gasteiger partial charge on any atom is -0.491 e. The molecule has 0 bridgehead atoms. The fourth-order valence-corrected chi connectivity index (χ4v) is 3.49. The monoisotopic (exact) mass is 470 g/mol. The second-order valence-corrected chi connectivity index (χ2v) is 9.78. The molecule has 0 heterocycles. The van der Waals surface area contributed by atoms with E-state index in [1.807, 2.05) is 0 Å². The van der Waals surface area contributed by atoms with Crippen molar-refractivity contribution in [3.05, 3.63) is 40.3 Å². The zero-order chi connectivity index (χ0) is 24.2. The second kappa shape index (κ2) is 13.3. The number of esters is 1. The van der Waals surface area contributed by atoms with Crippen LogP contribution in [0.1, 0.15) is 32.8 Å². The lowest BCUT2D eigenvalue weighted by Crippen LogP contribution is -2.48. The van der Waals surface area contributed by atoms with Gasteiger partial charge >= 0.3 is 13.0 Å². The molecule has 178 valence electrons. The summed E-state index contributed by atoms with van der Waals surface area (Å²) in [5.74, 6) is -0.188. The van der Waals surface area contributed by atoms with E-state index in [0.717, 1.165) is 5.56 Å². The Morgan fingerprint density at radius 1 is 1.28 bits per heavy atom. The highest BCUT2D eigenvalue weighted by atomic mass is 32.2. The van der Waals surface area contributed by atoms with Gasteiger partial charge in [-0.1, -0.05) is 17.2 Å². The molecule has 1 aromatic rings. The molecule has 0 radical (unpaired) electrons. The van der Waals surface area contributed by atoms with Gasteiger partial charge in [-0.3, -0.25) is 8.98 Å². The molecule has 0 fully saturated rings. The molecule has 32 heavy (non-hydrogen) atoms. The standard InChI is InChI=1S/C19H31BN4O7S/c1-19(2,3)31-18(25)17(23-20(4)26)14-15-6-8-16(9-7-15)29-11-12-30-32(27,28)13-5-10-22-24-21/h6-9,17,23,26H,5,10-14H2,1-4H3. The smallest absolute Gasteiger partial charge is 0.374 e. The van der Waals surface area contributed by atoms with E-state index in [-0.39, 0.29) is 31.9 Å². The van der Waals surface area contributed by atoms with Crippen LogP contribution in [0.5, 0.6) is 5.75 Å². The molecule has 1 unspecified atom stereocenters. The molecule has 11 nitrogen and oxygen atoms in total. The molecule has 0 spiro atoms. The quantitative estimate of drug-likeness (QED) is 0.0795. The number of ether oxygens (including phenoxy) is 2. The van der Waals surface area contributed by atoms with E-state index in [2.05, 4.69) is 15.3 Å². The van der Waals surface area contributed by atoms with Gasteiger partial charge in [0.05, 0.1) is 5.75 Å². The molecule has 0 aliphatic heterocycles. The second-order valence-electron chi connectivity index (χ2n) is 8.02. The van der Waals surface area contributed by atoms with Crippen LogP contribution in [0.2, 0.25) is 6.82 Å². The first-order valence-corrected chi connectivity index (χ1v) is 11.8. The molecule has 0 aliphatic rings. The van der Waals surface area contributed by atoms with E-state index >= 15 is 0 Å². The lowest BCUT2D eigenvalue weighted by atomic mass is 9.86. The topological polar surface area (TPSA) is 160 Å². The van der Waals surface area contributed by atoms with Crippen molar-refractivity contribution in [3.8, 4) is 5.75 Å². The van der Waals surface area contributed by atoms with Crippen LogP contribution in [0.3, 0.4) is 0 Å². The van der Waals surface area contributed by atoms with E-state index in [1.54, 1.807) is 45.0 Å². The number of benzene rings is 1. The van der Waals surface area contributed by atoms with Gasteiger partial charge in [0.15, 0.2) is 0 Å². The highest BCUT2D eigenvalue weighted by Gasteiger charge is 2.27. The molecule has 0 aliphatic carbocycles. The van der Waals surface area contributed by atoms with Gasteiger partial charge in [-0.05, 0) is 63.7 Å². The van der Waals surface area contributed by atoms with Crippen LogP contribution in [0.25, 0.3) is 10.4 Å². The van der Waals surface area contributed by atoms with E-state index in [9.17, 15) is 18.2 Å². The summed E-state index contributed by atoms with van der Waals surface area (Å²) in [5, 5.41) is 15.7.